The molecular weight excluding hydrogens is 122 g/mol. The van der Waals surface area contributed by atoms with Gasteiger partial charge in [0.05, 0.1) is 0 Å². The summed E-state index contributed by atoms with van der Waals surface area (Å²) in [6.45, 7) is 3.73. The third kappa shape index (κ3) is 2.42. The summed E-state index contributed by atoms with van der Waals surface area (Å²) in [6.07, 6.45) is 8.02. The van der Waals surface area contributed by atoms with E-state index >= 15 is 0 Å². The first-order valence-electron chi connectivity index (χ1n) is 4.22. The maximum absolute atomic E-state index is 5.53. The molecule has 0 unspecified atom stereocenters. The second-order valence-corrected chi connectivity index (χ2v) is 3.37. The third-order valence-corrected chi connectivity index (χ3v) is 2.28. The molecule has 1 aliphatic carbocycles. The monoisotopic (exact) mass is 139 g/mol. The Morgan fingerprint density at radius 2 is 1.90 bits per heavy atom. The molecule has 1 nitrogen and oxygen atoms in total. The Morgan fingerprint density at radius 1 is 1.30 bits per heavy atom. The van der Waals surface area contributed by atoms with Crippen molar-refractivity contribution in [2.45, 2.75) is 38.5 Å². The molecule has 58 valence electrons. The summed E-state index contributed by atoms with van der Waals surface area (Å²) in [4.78, 5) is 0. The maximum Gasteiger partial charge on any atom is 0.00102 e. The van der Waals surface area contributed by atoms with E-state index in [2.05, 4.69) is 6.58 Å². The minimum absolute atomic E-state index is 0.853. The van der Waals surface area contributed by atoms with Crippen molar-refractivity contribution in [1.82, 2.24) is 0 Å². The van der Waals surface area contributed by atoms with Gasteiger partial charge in [-0.3, -0.25) is 0 Å². The topological polar surface area (TPSA) is 26.0 Å². The lowest BCUT2D eigenvalue weighted by Crippen LogP contribution is -2.09. The molecule has 0 aromatic rings. The van der Waals surface area contributed by atoms with E-state index < -0.39 is 0 Å². The minimum atomic E-state index is 0.853. The predicted molar refractivity (Wildman–Crippen MR) is 44.5 cm³/mol. The van der Waals surface area contributed by atoms with Crippen molar-refractivity contribution in [2.75, 3.05) is 0 Å². The van der Waals surface area contributed by atoms with Crippen molar-refractivity contribution in [1.29, 1.82) is 0 Å². The lowest BCUT2D eigenvalue weighted by Gasteiger charge is -2.20. The molecule has 0 saturated heterocycles. The van der Waals surface area contributed by atoms with Crippen LogP contribution in [0, 0.1) is 5.92 Å². The molecule has 10 heavy (non-hydrogen) atoms. The highest BCUT2D eigenvalue weighted by Gasteiger charge is 2.12. The Balaban J connectivity index is 2.19. The van der Waals surface area contributed by atoms with Crippen molar-refractivity contribution < 1.29 is 0 Å². The average Bonchev–Trinajstić information content (AvgIpc) is 1.88. The highest BCUT2D eigenvalue weighted by Crippen LogP contribution is 2.27. The molecule has 0 aromatic heterocycles. The number of rotatable bonds is 2. The van der Waals surface area contributed by atoms with E-state index in [0.717, 1.165) is 18.0 Å². The molecule has 0 atom stereocenters. The van der Waals surface area contributed by atoms with Gasteiger partial charge >= 0.3 is 0 Å². The minimum Gasteiger partial charge on any atom is -0.403 e. The zero-order valence-corrected chi connectivity index (χ0v) is 6.60. The van der Waals surface area contributed by atoms with Gasteiger partial charge in [-0.15, -0.1) is 0 Å². The Morgan fingerprint density at radius 3 is 2.40 bits per heavy atom. The fourth-order valence-corrected chi connectivity index (χ4v) is 1.76. The average molecular weight is 139 g/mol. The lowest BCUT2D eigenvalue weighted by molar-refractivity contribution is 0.355. The standard InChI is InChI=1S/C9H17N/c1-8(10)7-9-5-3-2-4-6-9/h9H,1-7,10H2. The van der Waals surface area contributed by atoms with Crippen LogP contribution in [-0.4, -0.2) is 0 Å². The van der Waals surface area contributed by atoms with Crippen LogP contribution in [0.5, 0.6) is 0 Å². The summed E-state index contributed by atoms with van der Waals surface area (Å²) in [7, 11) is 0. The van der Waals surface area contributed by atoms with Crippen LogP contribution in [0.1, 0.15) is 38.5 Å². The smallest absolute Gasteiger partial charge is 0.00102 e. The van der Waals surface area contributed by atoms with Gasteiger partial charge < -0.3 is 5.73 Å². The first-order valence-corrected chi connectivity index (χ1v) is 4.22. The van der Waals surface area contributed by atoms with Crippen molar-refractivity contribution in [3.05, 3.63) is 12.3 Å². The van der Waals surface area contributed by atoms with E-state index in [4.69, 9.17) is 5.73 Å². The van der Waals surface area contributed by atoms with Gasteiger partial charge in [0, 0.05) is 5.70 Å². The summed E-state index contributed by atoms with van der Waals surface area (Å²) in [5.74, 6) is 0.853. The Kier molecular flexibility index (Phi) is 2.79. The third-order valence-electron chi connectivity index (χ3n) is 2.28. The maximum atomic E-state index is 5.53. The second-order valence-electron chi connectivity index (χ2n) is 3.37. The Bertz CT molecular complexity index is 112. The first-order chi connectivity index (χ1) is 4.79. The molecule has 1 fully saturated rings. The molecule has 2 N–H and O–H groups in total. The molecule has 0 radical (unpaired) electrons. The molecule has 0 aliphatic heterocycles. The molecule has 1 heteroatoms. The van der Waals surface area contributed by atoms with Crippen LogP contribution in [-0.2, 0) is 0 Å². The predicted octanol–water partition coefficient (Wildman–Crippen LogP) is 2.43. The molecule has 0 amide bonds. The van der Waals surface area contributed by atoms with Crippen molar-refractivity contribution >= 4 is 0 Å². The second kappa shape index (κ2) is 3.65. The van der Waals surface area contributed by atoms with Crippen LogP contribution in [0.15, 0.2) is 12.3 Å². The zero-order chi connectivity index (χ0) is 7.40. The van der Waals surface area contributed by atoms with E-state index in [1.807, 2.05) is 0 Å². The van der Waals surface area contributed by atoms with Crippen LogP contribution in [0.3, 0.4) is 0 Å². The van der Waals surface area contributed by atoms with E-state index in [-0.39, 0.29) is 0 Å². The van der Waals surface area contributed by atoms with E-state index in [0.29, 0.717) is 0 Å². The first kappa shape index (κ1) is 7.64. The quantitative estimate of drug-likeness (QED) is 0.624. The number of hydrogen-bond donors (Lipinski definition) is 1. The van der Waals surface area contributed by atoms with Gasteiger partial charge in [0.15, 0.2) is 0 Å². The van der Waals surface area contributed by atoms with Crippen LogP contribution in [0.2, 0.25) is 0 Å². The number of nitrogens with two attached hydrogens (primary N) is 1. The zero-order valence-electron chi connectivity index (χ0n) is 6.60. The molecule has 1 aliphatic rings. The highest BCUT2D eigenvalue weighted by atomic mass is 14.6. The molecule has 0 bridgehead atoms. The Labute approximate surface area is 63.3 Å². The fraction of sp³-hybridized carbons (Fsp3) is 0.778. The van der Waals surface area contributed by atoms with Crippen LogP contribution in [0.4, 0.5) is 0 Å². The highest BCUT2D eigenvalue weighted by molar-refractivity contribution is 4.89. The van der Waals surface area contributed by atoms with E-state index in [9.17, 15) is 0 Å². The van der Waals surface area contributed by atoms with Crippen LogP contribution in [0.25, 0.3) is 0 Å². The van der Waals surface area contributed by atoms with Gasteiger partial charge in [0.2, 0.25) is 0 Å². The van der Waals surface area contributed by atoms with Gasteiger partial charge in [-0.05, 0) is 12.3 Å². The van der Waals surface area contributed by atoms with Crippen molar-refractivity contribution in [2.24, 2.45) is 11.7 Å². The molecule has 1 rings (SSSR count). The summed E-state index contributed by atoms with van der Waals surface area (Å²) < 4.78 is 0. The normalized spacial score (nSPS) is 20.8. The van der Waals surface area contributed by atoms with Crippen LogP contribution < -0.4 is 5.73 Å². The lowest BCUT2D eigenvalue weighted by atomic mass is 9.86. The molecule has 1 saturated carbocycles. The van der Waals surface area contributed by atoms with Gasteiger partial charge in [0.1, 0.15) is 0 Å². The summed E-state index contributed by atoms with van der Waals surface area (Å²) in [6, 6.07) is 0. The SMILES string of the molecule is C=C(N)CC1CCCCC1. The van der Waals surface area contributed by atoms with Gasteiger partial charge in [-0.2, -0.15) is 0 Å². The van der Waals surface area contributed by atoms with Gasteiger partial charge in [0.25, 0.3) is 0 Å². The van der Waals surface area contributed by atoms with Gasteiger partial charge in [-0.25, -0.2) is 0 Å². The molecule has 0 aromatic carbocycles. The summed E-state index contributed by atoms with van der Waals surface area (Å²) in [5.41, 5.74) is 6.40. The molecule has 0 heterocycles. The van der Waals surface area contributed by atoms with E-state index in [1.165, 1.54) is 32.1 Å². The number of hydrogen-bond acceptors (Lipinski definition) is 1. The van der Waals surface area contributed by atoms with Crippen molar-refractivity contribution in [3.8, 4) is 0 Å². The van der Waals surface area contributed by atoms with Gasteiger partial charge in [-0.1, -0.05) is 38.7 Å². The molecule has 0 spiro atoms. The van der Waals surface area contributed by atoms with E-state index in [1.54, 1.807) is 0 Å². The molecular formula is C9H17N. The largest absolute Gasteiger partial charge is 0.403 e. The Hall–Kier alpha value is -0.460. The van der Waals surface area contributed by atoms with Crippen LogP contribution >= 0.6 is 0 Å². The number of allylic oxidation sites excluding steroid dienone is 1. The summed E-state index contributed by atoms with van der Waals surface area (Å²) in [5, 5.41) is 0. The fourth-order valence-electron chi connectivity index (χ4n) is 1.76. The van der Waals surface area contributed by atoms with Crippen molar-refractivity contribution in [3.63, 3.8) is 0 Å². The summed E-state index contributed by atoms with van der Waals surface area (Å²) >= 11 is 0.